The van der Waals surface area contributed by atoms with E-state index in [2.05, 4.69) is 23.5 Å². The van der Waals surface area contributed by atoms with E-state index >= 15 is 0 Å². The summed E-state index contributed by atoms with van der Waals surface area (Å²) in [6.45, 7) is 2.11. The quantitative estimate of drug-likeness (QED) is 0.345. The van der Waals surface area contributed by atoms with Gasteiger partial charge in [-0.1, -0.05) is 49.5 Å². The van der Waals surface area contributed by atoms with E-state index in [4.69, 9.17) is 0 Å². The molecule has 0 radical (unpaired) electrons. The van der Waals surface area contributed by atoms with Crippen molar-refractivity contribution in [3.63, 3.8) is 0 Å². The van der Waals surface area contributed by atoms with Crippen molar-refractivity contribution < 1.29 is 26.7 Å². The van der Waals surface area contributed by atoms with Gasteiger partial charge in [0.25, 0.3) is 0 Å². The molecule has 0 saturated heterocycles. The van der Waals surface area contributed by atoms with Gasteiger partial charge in [0.05, 0.1) is 5.56 Å². The van der Waals surface area contributed by atoms with Crippen LogP contribution < -0.4 is 4.74 Å². The maximum atomic E-state index is 14.8. The summed E-state index contributed by atoms with van der Waals surface area (Å²) in [7, 11) is 0. The second kappa shape index (κ2) is 8.52. The molecule has 6 heteroatoms. The molecule has 0 amide bonds. The number of fused-ring (bicyclic) bond motifs is 1. The van der Waals surface area contributed by atoms with Crippen LogP contribution in [0, 0.1) is 23.5 Å². The Hall–Kier alpha value is -3.07. The number of halogens is 5. The Bertz CT molecular complexity index is 1090. The number of rotatable bonds is 4. The number of hydrogen-bond acceptors (Lipinski definition) is 1. The summed E-state index contributed by atoms with van der Waals surface area (Å²) in [6, 6.07) is 11.7. The fourth-order valence-corrected chi connectivity index (χ4v) is 2.90. The molecule has 0 fully saturated rings. The Morgan fingerprint density at radius 3 is 2.41 bits per heavy atom. The summed E-state index contributed by atoms with van der Waals surface area (Å²) in [5.74, 6) is 2.54. The highest BCUT2D eigenvalue weighted by atomic mass is 19.4. The maximum absolute atomic E-state index is 14.8. The summed E-state index contributed by atoms with van der Waals surface area (Å²) >= 11 is 0. The molecule has 0 aliphatic carbocycles. The highest BCUT2D eigenvalue weighted by Crippen LogP contribution is 2.26. The third-order valence-electron chi connectivity index (χ3n) is 4.34. The van der Waals surface area contributed by atoms with E-state index in [0.29, 0.717) is 5.39 Å². The van der Waals surface area contributed by atoms with Gasteiger partial charge in [0.1, 0.15) is 5.82 Å². The predicted molar refractivity (Wildman–Crippen MR) is 102 cm³/mol. The number of hydrogen-bond donors (Lipinski definition) is 0. The highest BCUT2D eigenvalue weighted by Gasteiger charge is 2.32. The molecular formula is C23H17F5O. The first-order valence-corrected chi connectivity index (χ1v) is 9.05. The molecule has 0 saturated carbocycles. The maximum Gasteiger partial charge on any atom is 0.573 e. The van der Waals surface area contributed by atoms with E-state index in [1.165, 1.54) is 12.1 Å². The van der Waals surface area contributed by atoms with E-state index in [9.17, 15) is 22.0 Å². The average molecular weight is 404 g/mol. The number of aryl methyl sites for hydroxylation is 1. The van der Waals surface area contributed by atoms with Gasteiger partial charge in [-0.05, 0) is 48.1 Å². The molecule has 0 atom stereocenters. The Labute approximate surface area is 165 Å². The lowest BCUT2D eigenvalue weighted by molar-refractivity contribution is -0.275. The van der Waals surface area contributed by atoms with Crippen molar-refractivity contribution in [3.05, 3.63) is 76.9 Å². The van der Waals surface area contributed by atoms with Crippen LogP contribution in [0.25, 0.3) is 10.8 Å². The number of unbranched alkanes of at least 4 members (excludes halogenated alkanes) is 1. The molecule has 29 heavy (non-hydrogen) atoms. The minimum Gasteiger partial charge on any atom is -0.403 e. The minimum atomic E-state index is -4.99. The first kappa shape index (κ1) is 20.7. The Morgan fingerprint density at radius 2 is 1.72 bits per heavy atom. The monoisotopic (exact) mass is 404 g/mol. The minimum absolute atomic E-state index is 0.103. The van der Waals surface area contributed by atoms with Crippen molar-refractivity contribution in [1.82, 2.24) is 0 Å². The fourth-order valence-electron chi connectivity index (χ4n) is 2.90. The van der Waals surface area contributed by atoms with Crippen LogP contribution in [0.2, 0.25) is 0 Å². The van der Waals surface area contributed by atoms with Crippen molar-refractivity contribution in [2.75, 3.05) is 0 Å². The normalized spacial score (nSPS) is 11.2. The van der Waals surface area contributed by atoms with Crippen molar-refractivity contribution in [2.24, 2.45) is 0 Å². The molecular weight excluding hydrogens is 387 g/mol. The van der Waals surface area contributed by atoms with Gasteiger partial charge >= 0.3 is 6.36 Å². The molecule has 0 aliphatic rings. The van der Waals surface area contributed by atoms with Crippen LogP contribution in [0.4, 0.5) is 22.0 Å². The zero-order valence-corrected chi connectivity index (χ0v) is 15.5. The lowest BCUT2D eigenvalue weighted by Crippen LogP contribution is -2.17. The van der Waals surface area contributed by atoms with E-state index in [1.54, 1.807) is 12.1 Å². The smallest absolute Gasteiger partial charge is 0.403 e. The zero-order chi connectivity index (χ0) is 21.0. The molecule has 0 aliphatic heterocycles. The first-order valence-electron chi connectivity index (χ1n) is 9.05. The molecule has 3 rings (SSSR count). The van der Waals surface area contributed by atoms with Gasteiger partial charge in [0.15, 0.2) is 11.6 Å². The summed E-state index contributed by atoms with van der Waals surface area (Å²) in [5.41, 5.74) is 1.36. The zero-order valence-electron chi connectivity index (χ0n) is 15.5. The predicted octanol–water partition coefficient (Wildman–Crippen LogP) is 6.76. The molecule has 0 spiro atoms. The van der Waals surface area contributed by atoms with Gasteiger partial charge in [0.2, 0.25) is 0 Å². The van der Waals surface area contributed by atoms with E-state index < -0.39 is 23.7 Å². The van der Waals surface area contributed by atoms with Crippen LogP contribution in [-0.4, -0.2) is 6.36 Å². The Kier molecular flexibility index (Phi) is 6.07. The molecule has 1 nitrogen and oxygen atoms in total. The Balaban J connectivity index is 1.86. The largest absolute Gasteiger partial charge is 0.573 e. The van der Waals surface area contributed by atoms with E-state index in [0.717, 1.165) is 42.3 Å². The van der Waals surface area contributed by atoms with Crippen LogP contribution in [0.1, 0.15) is 36.5 Å². The molecule has 0 unspecified atom stereocenters. The summed E-state index contributed by atoms with van der Waals surface area (Å²) in [5, 5.41) is 1.19. The van der Waals surface area contributed by atoms with Gasteiger partial charge in [-0.25, -0.2) is 8.78 Å². The Morgan fingerprint density at radius 1 is 0.931 bits per heavy atom. The van der Waals surface area contributed by atoms with Crippen molar-refractivity contribution in [3.8, 4) is 17.6 Å². The van der Waals surface area contributed by atoms with Gasteiger partial charge in [-0.15, -0.1) is 13.2 Å². The van der Waals surface area contributed by atoms with Gasteiger partial charge in [-0.2, -0.15) is 0 Å². The fraction of sp³-hybridized carbons (Fsp3) is 0.217. The molecule has 3 aromatic rings. The number of ether oxygens (including phenoxy) is 1. The topological polar surface area (TPSA) is 9.23 Å². The second-order valence-electron chi connectivity index (χ2n) is 6.53. The first-order chi connectivity index (χ1) is 13.8. The van der Waals surface area contributed by atoms with Crippen LogP contribution in [0.3, 0.4) is 0 Å². The molecule has 0 aromatic heterocycles. The third kappa shape index (κ3) is 5.26. The summed E-state index contributed by atoms with van der Waals surface area (Å²) in [4.78, 5) is 0. The molecule has 0 heterocycles. The highest BCUT2D eigenvalue weighted by molar-refractivity contribution is 5.85. The van der Waals surface area contributed by atoms with E-state index in [1.807, 2.05) is 12.1 Å². The molecule has 0 bridgehead atoms. The van der Waals surface area contributed by atoms with Crippen molar-refractivity contribution >= 4 is 10.8 Å². The van der Waals surface area contributed by atoms with Crippen LogP contribution in [0.5, 0.6) is 5.75 Å². The molecule has 3 aromatic carbocycles. The van der Waals surface area contributed by atoms with Gasteiger partial charge < -0.3 is 4.74 Å². The van der Waals surface area contributed by atoms with E-state index in [-0.39, 0.29) is 11.1 Å². The average Bonchev–Trinajstić information content (AvgIpc) is 2.67. The standard InChI is InChI=1S/C23H17F5O/c1-2-3-4-15-6-11-19-18(13-15)10-9-17(22(19)25)8-5-16-7-12-21(20(24)14-16)29-23(26,27)28/h6-7,9-14H,2-4H2,1H3. The van der Waals surface area contributed by atoms with Crippen molar-refractivity contribution in [2.45, 2.75) is 32.5 Å². The van der Waals surface area contributed by atoms with Gasteiger partial charge in [-0.3, -0.25) is 0 Å². The SMILES string of the molecule is CCCCc1ccc2c(F)c(C#Cc3ccc(OC(F)(F)F)c(F)c3)ccc2c1. The lowest BCUT2D eigenvalue weighted by atomic mass is 10.0. The van der Waals surface area contributed by atoms with Crippen molar-refractivity contribution in [1.29, 1.82) is 0 Å². The number of alkyl halides is 3. The molecule has 150 valence electrons. The van der Waals surface area contributed by atoms with Gasteiger partial charge in [0, 0.05) is 10.9 Å². The summed E-state index contributed by atoms with van der Waals surface area (Å²) in [6.07, 6.45) is -1.93. The van der Waals surface area contributed by atoms with Crippen LogP contribution in [-0.2, 0) is 6.42 Å². The number of benzene rings is 3. The second-order valence-corrected chi connectivity index (χ2v) is 6.53. The summed E-state index contributed by atoms with van der Waals surface area (Å²) < 4.78 is 68.7. The molecule has 0 N–H and O–H groups in total. The third-order valence-corrected chi connectivity index (χ3v) is 4.34. The van der Waals surface area contributed by atoms with Crippen LogP contribution in [0.15, 0.2) is 48.5 Å². The van der Waals surface area contributed by atoms with Crippen LogP contribution >= 0.6 is 0 Å². The lowest BCUT2D eigenvalue weighted by Gasteiger charge is -2.09.